The summed E-state index contributed by atoms with van der Waals surface area (Å²) in [7, 11) is 0. The molecular weight excluding hydrogens is 396 g/mol. The lowest BCUT2D eigenvalue weighted by atomic mass is 10.0. The largest absolute Gasteiger partial charge is 0.493 e. The molecule has 32 heavy (non-hydrogen) atoms. The van der Waals surface area contributed by atoms with E-state index in [1.54, 1.807) is 0 Å². The zero-order valence-corrected chi connectivity index (χ0v) is 19.8. The fourth-order valence-electron chi connectivity index (χ4n) is 4.04. The van der Waals surface area contributed by atoms with Gasteiger partial charge in [-0.15, -0.1) is 0 Å². The lowest BCUT2D eigenvalue weighted by Crippen LogP contribution is -2.06. The molecule has 2 aromatic rings. The third-order valence-electron chi connectivity index (χ3n) is 5.98. The first-order chi connectivity index (χ1) is 15.8. The Kier molecular flexibility index (Phi) is 14.2. The van der Waals surface area contributed by atoms with Gasteiger partial charge in [-0.2, -0.15) is 0 Å². The van der Waals surface area contributed by atoms with E-state index in [9.17, 15) is 4.79 Å². The standard InChI is InChI=1S/C29H42O3/c30-24-18-11-9-7-5-3-1-2-4-6-8-10-12-19-25-32-28-23-17-16-22-27(28)29(31)26-20-14-13-15-21-26/h13-17,20-23,30H,1-12,18-19,24-25H2. The maximum Gasteiger partial charge on any atom is 0.196 e. The number of benzene rings is 2. The predicted molar refractivity (Wildman–Crippen MR) is 134 cm³/mol. The molecule has 0 saturated carbocycles. The first-order valence-corrected chi connectivity index (χ1v) is 12.8. The molecule has 0 atom stereocenters. The van der Waals surface area contributed by atoms with E-state index in [-0.39, 0.29) is 5.78 Å². The van der Waals surface area contributed by atoms with Gasteiger partial charge in [0.05, 0.1) is 12.2 Å². The highest BCUT2D eigenvalue weighted by molar-refractivity contribution is 6.10. The van der Waals surface area contributed by atoms with Gasteiger partial charge in [-0.05, 0) is 25.0 Å². The molecule has 2 rings (SSSR count). The number of ether oxygens (including phenoxy) is 1. The molecule has 0 radical (unpaired) electrons. The van der Waals surface area contributed by atoms with Crippen LogP contribution in [0.15, 0.2) is 54.6 Å². The lowest BCUT2D eigenvalue weighted by Gasteiger charge is -2.11. The summed E-state index contributed by atoms with van der Waals surface area (Å²) in [6.07, 6.45) is 17.7. The van der Waals surface area contributed by atoms with Crippen molar-refractivity contribution in [1.82, 2.24) is 0 Å². The maximum atomic E-state index is 12.8. The van der Waals surface area contributed by atoms with E-state index in [2.05, 4.69) is 0 Å². The van der Waals surface area contributed by atoms with Crippen molar-refractivity contribution in [3.05, 3.63) is 65.7 Å². The van der Waals surface area contributed by atoms with Crippen LogP contribution < -0.4 is 4.74 Å². The molecule has 0 unspecified atom stereocenters. The van der Waals surface area contributed by atoms with Crippen molar-refractivity contribution in [3.63, 3.8) is 0 Å². The Labute approximate surface area is 195 Å². The molecule has 1 N–H and O–H groups in total. The number of aliphatic hydroxyl groups excluding tert-OH is 1. The van der Waals surface area contributed by atoms with Gasteiger partial charge in [0, 0.05) is 12.2 Å². The van der Waals surface area contributed by atoms with Gasteiger partial charge in [0.15, 0.2) is 5.78 Å². The maximum absolute atomic E-state index is 12.8. The Morgan fingerprint density at radius 2 is 1.06 bits per heavy atom. The Bertz CT molecular complexity index is 726. The second-order valence-corrected chi connectivity index (χ2v) is 8.71. The van der Waals surface area contributed by atoms with Crippen molar-refractivity contribution >= 4 is 5.78 Å². The molecular formula is C29H42O3. The molecule has 0 spiro atoms. The van der Waals surface area contributed by atoms with Crippen LogP contribution in [0.4, 0.5) is 0 Å². The quantitative estimate of drug-likeness (QED) is 0.180. The number of hydrogen-bond donors (Lipinski definition) is 1. The number of hydrogen-bond acceptors (Lipinski definition) is 3. The summed E-state index contributed by atoms with van der Waals surface area (Å²) in [5.74, 6) is 0.706. The second-order valence-electron chi connectivity index (χ2n) is 8.71. The van der Waals surface area contributed by atoms with E-state index in [4.69, 9.17) is 9.84 Å². The number of para-hydroxylation sites is 1. The van der Waals surface area contributed by atoms with Crippen LogP contribution in [-0.4, -0.2) is 24.1 Å². The van der Waals surface area contributed by atoms with Gasteiger partial charge in [0.1, 0.15) is 5.75 Å². The zero-order chi connectivity index (χ0) is 22.7. The van der Waals surface area contributed by atoms with E-state index < -0.39 is 0 Å². The Hall–Kier alpha value is -2.13. The predicted octanol–water partition coefficient (Wildman–Crippen LogP) is 7.75. The summed E-state index contributed by atoms with van der Waals surface area (Å²) in [6.45, 7) is 1.01. The summed E-state index contributed by atoms with van der Waals surface area (Å²) in [5.41, 5.74) is 1.34. The molecule has 0 amide bonds. The van der Waals surface area contributed by atoms with Crippen LogP contribution in [0.3, 0.4) is 0 Å². The molecule has 0 aliphatic carbocycles. The summed E-state index contributed by atoms with van der Waals surface area (Å²) in [4.78, 5) is 12.8. The third-order valence-corrected chi connectivity index (χ3v) is 5.98. The molecule has 0 heterocycles. The average molecular weight is 439 g/mol. The van der Waals surface area contributed by atoms with Gasteiger partial charge in [0.25, 0.3) is 0 Å². The van der Waals surface area contributed by atoms with E-state index in [1.165, 1.54) is 77.0 Å². The third kappa shape index (κ3) is 10.9. The summed E-state index contributed by atoms with van der Waals surface area (Å²) in [6, 6.07) is 17.0. The number of rotatable bonds is 19. The van der Waals surface area contributed by atoms with Gasteiger partial charge >= 0.3 is 0 Å². The number of aliphatic hydroxyl groups is 1. The summed E-state index contributed by atoms with van der Waals surface area (Å²) in [5, 5.41) is 8.76. The van der Waals surface area contributed by atoms with E-state index in [0.29, 0.717) is 30.1 Å². The van der Waals surface area contributed by atoms with Crippen molar-refractivity contribution < 1.29 is 14.6 Å². The molecule has 0 saturated heterocycles. The molecule has 2 aromatic carbocycles. The van der Waals surface area contributed by atoms with Crippen LogP contribution in [-0.2, 0) is 0 Å². The van der Waals surface area contributed by atoms with Crippen LogP contribution in [0.25, 0.3) is 0 Å². The molecule has 3 nitrogen and oxygen atoms in total. The molecule has 0 fully saturated rings. The summed E-state index contributed by atoms with van der Waals surface area (Å²) >= 11 is 0. The highest BCUT2D eigenvalue weighted by atomic mass is 16.5. The van der Waals surface area contributed by atoms with Crippen LogP contribution >= 0.6 is 0 Å². The highest BCUT2D eigenvalue weighted by Crippen LogP contribution is 2.22. The number of carbonyl (C=O) groups excluding carboxylic acids is 1. The Balaban J connectivity index is 1.48. The molecule has 3 heteroatoms. The lowest BCUT2D eigenvalue weighted by molar-refractivity contribution is 0.103. The SMILES string of the molecule is O=C(c1ccccc1)c1ccccc1OCCCCCCCCCCCCCCCCO. The molecule has 0 aliphatic heterocycles. The smallest absolute Gasteiger partial charge is 0.196 e. The van der Waals surface area contributed by atoms with Crippen molar-refractivity contribution in [2.75, 3.05) is 13.2 Å². The monoisotopic (exact) mass is 438 g/mol. The second kappa shape index (κ2) is 17.4. The highest BCUT2D eigenvalue weighted by Gasteiger charge is 2.13. The van der Waals surface area contributed by atoms with E-state index in [0.717, 1.165) is 12.8 Å². The summed E-state index contributed by atoms with van der Waals surface area (Å²) < 4.78 is 5.96. The van der Waals surface area contributed by atoms with Crippen LogP contribution in [0.5, 0.6) is 5.75 Å². The van der Waals surface area contributed by atoms with Crippen molar-refractivity contribution in [1.29, 1.82) is 0 Å². The van der Waals surface area contributed by atoms with Gasteiger partial charge in [0.2, 0.25) is 0 Å². The van der Waals surface area contributed by atoms with Gasteiger partial charge in [-0.25, -0.2) is 0 Å². The van der Waals surface area contributed by atoms with Crippen molar-refractivity contribution in [2.24, 2.45) is 0 Å². The van der Waals surface area contributed by atoms with Crippen LogP contribution in [0, 0.1) is 0 Å². The van der Waals surface area contributed by atoms with Gasteiger partial charge < -0.3 is 9.84 Å². The first kappa shape index (κ1) is 26.1. The minimum Gasteiger partial charge on any atom is -0.493 e. The molecule has 0 aliphatic rings. The van der Waals surface area contributed by atoms with Crippen LogP contribution in [0.1, 0.15) is 106 Å². The fraction of sp³-hybridized carbons (Fsp3) is 0.552. The van der Waals surface area contributed by atoms with Gasteiger partial charge in [-0.3, -0.25) is 4.79 Å². The topological polar surface area (TPSA) is 46.5 Å². The number of ketones is 1. The fourth-order valence-corrected chi connectivity index (χ4v) is 4.04. The molecule has 176 valence electrons. The number of carbonyl (C=O) groups is 1. The molecule has 0 aromatic heterocycles. The molecule has 0 bridgehead atoms. The minimum absolute atomic E-state index is 0.0166. The van der Waals surface area contributed by atoms with E-state index in [1.807, 2.05) is 54.6 Å². The Morgan fingerprint density at radius 3 is 1.62 bits per heavy atom. The average Bonchev–Trinajstić information content (AvgIpc) is 2.84. The van der Waals surface area contributed by atoms with Crippen molar-refractivity contribution in [2.45, 2.75) is 89.9 Å². The number of unbranched alkanes of at least 4 members (excludes halogenated alkanes) is 13. The van der Waals surface area contributed by atoms with E-state index >= 15 is 0 Å². The van der Waals surface area contributed by atoms with Crippen LogP contribution in [0.2, 0.25) is 0 Å². The van der Waals surface area contributed by atoms with Crippen molar-refractivity contribution in [3.8, 4) is 5.75 Å². The minimum atomic E-state index is 0.0166. The normalized spacial score (nSPS) is 10.9. The zero-order valence-electron chi connectivity index (χ0n) is 19.8. The Morgan fingerprint density at radius 1 is 0.594 bits per heavy atom. The first-order valence-electron chi connectivity index (χ1n) is 12.8. The van der Waals surface area contributed by atoms with Gasteiger partial charge in [-0.1, -0.05) is 120 Å².